The number of carbonyl (C=O) groups is 3. The van der Waals surface area contributed by atoms with Gasteiger partial charge in [-0.15, -0.1) is 0 Å². The van der Waals surface area contributed by atoms with E-state index < -0.39 is 23.9 Å². The molecule has 6 nitrogen and oxygen atoms in total. The number of ether oxygens (including phenoxy) is 1. The van der Waals surface area contributed by atoms with Gasteiger partial charge in [0.05, 0.1) is 30.7 Å². The molecule has 0 bridgehead atoms. The number of anilines is 2. The van der Waals surface area contributed by atoms with Crippen molar-refractivity contribution >= 4 is 45.8 Å². The lowest BCUT2D eigenvalue weighted by Crippen LogP contribution is -2.48. The van der Waals surface area contributed by atoms with Crippen molar-refractivity contribution in [3.05, 3.63) is 108 Å². The Balaban J connectivity index is 1.38. The van der Waals surface area contributed by atoms with Gasteiger partial charge >= 0.3 is 0 Å². The van der Waals surface area contributed by atoms with Crippen LogP contribution in [0.15, 0.2) is 97.1 Å². The van der Waals surface area contributed by atoms with E-state index >= 15 is 0 Å². The zero-order valence-corrected chi connectivity index (χ0v) is 20.7. The second kappa shape index (κ2) is 8.42. The normalized spacial score (nSPS) is 23.4. The first-order valence-corrected chi connectivity index (χ1v) is 12.7. The van der Waals surface area contributed by atoms with Crippen molar-refractivity contribution in [2.45, 2.75) is 12.1 Å². The summed E-state index contributed by atoms with van der Waals surface area (Å²) in [5, 5.41) is 1.78. The maximum atomic E-state index is 14.2. The number of ketones is 1. The van der Waals surface area contributed by atoms with Crippen LogP contribution in [0.5, 0.6) is 5.75 Å². The molecule has 2 fully saturated rings. The molecular weight excluding hydrogens is 476 g/mol. The maximum absolute atomic E-state index is 14.2. The molecular formula is C32H24N2O4. The molecule has 2 amide bonds. The van der Waals surface area contributed by atoms with Gasteiger partial charge in [-0.3, -0.25) is 14.4 Å². The molecule has 6 heteroatoms. The summed E-state index contributed by atoms with van der Waals surface area (Å²) in [5.41, 5.74) is 2.86. The zero-order valence-electron chi connectivity index (χ0n) is 20.7. The second-order valence-corrected chi connectivity index (χ2v) is 9.92. The lowest BCUT2D eigenvalue weighted by atomic mass is 9.86. The van der Waals surface area contributed by atoms with E-state index in [2.05, 4.69) is 0 Å². The number of amides is 2. The number of imide groups is 1. The highest BCUT2D eigenvalue weighted by Crippen LogP contribution is 2.50. The first kappa shape index (κ1) is 22.5. The van der Waals surface area contributed by atoms with Crippen molar-refractivity contribution in [1.29, 1.82) is 0 Å². The number of Topliss-reactive ketones (excluding diaryl/α,β-unsaturated/α-hetero) is 1. The number of hydrogen-bond donors (Lipinski definition) is 0. The van der Waals surface area contributed by atoms with E-state index in [1.54, 1.807) is 31.4 Å². The highest BCUT2D eigenvalue weighted by Gasteiger charge is 2.64. The molecule has 0 N–H and O–H groups in total. The van der Waals surface area contributed by atoms with Crippen LogP contribution in [0.25, 0.3) is 16.8 Å². The van der Waals surface area contributed by atoms with Gasteiger partial charge in [-0.2, -0.15) is 0 Å². The topological polar surface area (TPSA) is 66.9 Å². The van der Waals surface area contributed by atoms with Crippen molar-refractivity contribution in [2.24, 2.45) is 11.8 Å². The third-order valence-corrected chi connectivity index (χ3v) is 8.07. The third-order valence-electron chi connectivity index (χ3n) is 8.07. The molecule has 3 aliphatic rings. The Hall–Kier alpha value is -4.71. The Morgan fingerprint density at radius 1 is 0.763 bits per heavy atom. The number of methoxy groups -OCH3 is 1. The number of rotatable bonds is 4. The second-order valence-electron chi connectivity index (χ2n) is 9.92. The summed E-state index contributed by atoms with van der Waals surface area (Å²) in [6.45, 7) is 0. The summed E-state index contributed by atoms with van der Waals surface area (Å²) < 4.78 is 5.27. The molecule has 0 radical (unpaired) electrons. The molecule has 2 saturated heterocycles. The van der Waals surface area contributed by atoms with Crippen molar-refractivity contribution in [1.82, 2.24) is 0 Å². The van der Waals surface area contributed by atoms with Crippen molar-refractivity contribution in [3.63, 3.8) is 0 Å². The van der Waals surface area contributed by atoms with Crippen LogP contribution < -0.4 is 14.5 Å². The standard InChI is InChI=1S/C32H24N2O4/c1-38-22-16-13-21(14-17-22)30(35)29-28-27(26-18-15-20-8-3-5-11-24(20)33(26)29)31(36)34(32(28)37)25-12-6-9-19-7-2-4-10-23(19)25/h2-18,26-29H,1H3. The fourth-order valence-corrected chi connectivity index (χ4v) is 6.38. The zero-order chi connectivity index (χ0) is 26.0. The highest BCUT2D eigenvalue weighted by molar-refractivity contribution is 6.27. The van der Waals surface area contributed by atoms with E-state index in [-0.39, 0.29) is 17.6 Å². The molecule has 0 saturated carbocycles. The number of hydrogen-bond acceptors (Lipinski definition) is 5. The number of para-hydroxylation sites is 1. The molecule has 4 atom stereocenters. The van der Waals surface area contributed by atoms with Crippen molar-refractivity contribution < 1.29 is 19.1 Å². The summed E-state index contributed by atoms with van der Waals surface area (Å²) in [4.78, 5) is 45.8. The average molecular weight is 501 g/mol. The van der Waals surface area contributed by atoms with Gasteiger partial charge in [0.15, 0.2) is 5.78 Å². The fourth-order valence-electron chi connectivity index (χ4n) is 6.38. The summed E-state index contributed by atoms with van der Waals surface area (Å²) >= 11 is 0. The Labute approximate surface area is 219 Å². The number of benzene rings is 4. The molecule has 0 spiro atoms. The van der Waals surface area contributed by atoms with Crippen LogP contribution in [0, 0.1) is 11.8 Å². The van der Waals surface area contributed by atoms with E-state index in [0.29, 0.717) is 17.0 Å². The van der Waals surface area contributed by atoms with Gasteiger partial charge < -0.3 is 9.64 Å². The summed E-state index contributed by atoms with van der Waals surface area (Å²) in [6.07, 6.45) is 3.96. The van der Waals surface area contributed by atoms with Crippen LogP contribution >= 0.6 is 0 Å². The summed E-state index contributed by atoms with van der Waals surface area (Å²) in [5.74, 6) is -1.61. The fraction of sp³-hybridized carbons (Fsp3) is 0.156. The number of nitrogens with zero attached hydrogens (tertiary/aromatic N) is 2. The molecule has 0 aliphatic carbocycles. The van der Waals surface area contributed by atoms with Gasteiger partial charge in [0.2, 0.25) is 11.8 Å². The van der Waals surface area contributed by atoms with Gasteiger partial charge in [-0.25, -0.2) is 4.90 Å². The minimum atomic E-state index is -0.819. The Morgan fingerprint density at radius 3 is 2.26 bits per heavy atom. The smallest absolute Gasteiger partial charge is 0.240 e. The minimum absolute atomic E-state index is 0.184. The molecule has 4 aromatic rings. The van der Waals surface area contributed by atoms with E-state index in [1.807, 2.05) is 83.8 Å². The Morgan fingerprint density at radius 2 is 1.45 bits per heavy atom. The molecule has 3 heterocycles. The van der Waals surface area contributed by atoms with Crippen LogP contribution in [-0.4, -0.2) is 36.8 Å². The van der Waals surface area contributed by atoms with Crippen molar-refractivity contribution in [3.8, 4) is 5.75 Å². The minimum Gasteiger partial charge on any atom is -0.497 e. The van der Waals surface area contributed by atoms with E-state index in [1.165, 1.54) is 4.90 Å². The number of fused-ring (bicyclic) bond motifs is 6. The highest BCUT2D eigenvalue weighted by atomic mass is 16.5. The van der Waals surface area contributed by atoms with Crippen LogP contribution in [0.4, 0.5) is 11.4 Å². The quantitative estimate of drug-likeness (QED) is 0.287. The number of carbonyl (C=O) groups excluding carboxylic acids is 3. The van der Waals surface area contributed by atoms with Gasteiger partial charge in [-0.1, -0.05) is 66.7 Å². The van der Waals surface area contributed by atoms with Crippen LogP contribution in [0.1, 0.15) is 15.9 Å². The molecule has 7 rings (SSSR count). The van der Waals surface area contributed by atoms with Gasteiger partial charge in [-0.05, 0) is 47.3 Å². The third kappa shape index (κ3) is 3.10. The summed E-state index contributed by atoms with van der Waals surface area (Å²) in [6, 6.07) is 26.8. The van der Waals surface area contributed by atoms with Gasteiger partial charge in [0, 0.05) is 16.6 Å². The van der Waals surface area contributed by atoms with Crippen LogP contribution in [-0.2, 0) is 9.59 Å². The average Bonchev–Trinajstić information content (AvgIpc) is 3.44. The van der Waals surface area contributed by atoms with Gasteiger partial charge in [0.25, 0.3) is 0 Å². The molecule has 4 aromatic carbocycles. The SMILES string of the molecule is COc1ccc(C(=O)C2C3C(=O)N(c4cccc5ccccc45)C(=O)C3C3C=Cc4ccccc4N32)cc1. The van der Waals surface area contributed by atoms with Crippen LogP contribution in [0.2, 0.25) is 0 Å². The molecule has 38 heavy (non-hydrogen) atoms. The van der Waals surface area contributed by atoms with Gasteiger partial charge in [0.1, 0.15) is 11.8 Å². The first-order chi connectivity index (χ1) is 18.6. The Bertz CT molecular complexity index is 1650. The Kier molecular flexibility index (Phi) is 4.98. The molecule has 4 unspecified atom stereocenters. The molecule has 186 valence electrons. The molecule has 3 aliphatic heterocycles. The molecule has 0 aromatic heterocycles. The van der Waals surface area contributed by atoms with Crippen molar-refractivity contribution in [2.75, 3.05) is 16.9 Å². The maximum Gasteiger partial charge on any atom is 0.240 e. The van der Waals surface area contributed by atoms with E-state index in [0.717, 1.165) is 22.0 Å². The van der Waals surface area contributed by atoms with E-state index in [4.69, 9.17) is 4.74 Å². The predicted molar refractivity (Wildman–Crippen MR) is 146 cm³/mol. The lowest BCUT2D eigenvalue weighted by molar-refractivity contribution is -0.122. The van der Waals surface area contributed by atoms with E-state index in [9.17, 15) is 14.4 Å². The summed E-state index contributed by atoms with van der Waals surface area (Å²) in [7, 11) is 1.57. The largest absolute Gasteiger partial charge is 0.497 e. The van der Waals surface area contributed by atoms with Crippen LogP contribution in [0.3, 0.4) is 0 Å². The predicted octanol–water partition coefficient (Wildman–Crippen LogP) is 5.12. The monoisotopic (exact) mass is 500 g/mol. The first-order valence-electron chi connectivity index (χ1n) is 12.7. The lowest BCUT2D eigenvalue weighted by Gasteiger charge is -2.36.